The first kappa shape index (κ1) is 14.1. The van der Waals surface area contributed by atoms with E-state index in [-0.39, 0.29) is 11.8 Å². The van der Waals surface area contributed by atoms with Crippen molar-refractivity contribution in [3.63, 3.8) is 0 Å². The summed E-state index contributed by atoms with van der Waals surface area (Å²) in [5, 5.41) is 0. The van der Waals surface area contributed by atoms with Crippen LogP contribution in [0, 0.1) is 5.92 Å². The van der Waals surface area contributed by atoms with Crippen LogP contribution in [0.15, 0.2) is 30.3 Å². The lowest BCUT2D eigenvalue weighted by Crippen LogP contribution is -2.41. The lowest BCUT2D eigenvalue weighted by molar-refractivity contribution is -0.123. The second kappa shape index (κ2) is 6.71. The van der Waals surface area contributed by atoms with E-state index in [0.29, 0.717) is 5.92 Å². The van der Waals surface area contributed by atoms with Crippen LogP contribution in [0.4, 0.5) is 0 Å². The lowest BCUT2D eigenvalue weighted by atomic mass is 9.95. The molecule has 1 aromatic carbocycles. The average Bonchev–Trinajstić information content (AvgIpc) is 2.46. The minimum Gasteiger partial charge on any atom is -0.369 e. The summed E-state index contributed by atoms with van der Waals surface area (Å²) in [7, 11) is 0. The molecule has 1 amide bonds. The molecule has 1 saturated heterocycles. The normalized spacial score (nSPS) is 22.1. The van der Waals surface area contributed by atoms with Gasteiger partial charge in [0.05, 0.1) is 5.92 Å². The molecule has 104 valence electrons. The molecule has 2 rings (SSSR count). The van der Waals surface area contributed by atoms with E-state index in [0.717, 1.165) is 38.9 Å². The first-order chi connectivity index (χ1) is 9.16. The van der Waals surface area contributed by atoms with E-state index in [9.17, 15) is 4.79 Å². The number of hydrogen-bond acceptors (Lipinski definition) is 2. The van der Waals surface area contributed by atoms with Crippen molar-refractivity contribution in [1.29, 1.82) is 0 Å². The molecule has 1 aliphatic rings. The highest BCUT2D eigenvalue weighted by atomic mass is 16.1. The van der Waals surface area contributed by atoms with Crippen LogP contribution in [-0.4, -0.2) is 30.4 Å². The van der Waals surface area contributed by atoms with Crippen LogP contribution in [0.5, 0.6) is 0 Å². The van der Waals surface area contributed by atoms with Crippen molar-refractivity contribution >= 4 is 5.91 Å². The fraction of sp³-hybridized carbons (Fsp3) is 0.562. The number of carbonyl (C=O) groups excluding carboxylic acids is 1. The molecule has 0 aromatic heterocycles. The Balaban J connectivity index is 1.80. The zero-order valence-electron chi connectivity index (χ0n) is 11.7. The van der Waals surface area contributed by atoms with Crippen LogP contribution in [0.1, 0.15) is 37.7 Å². The summed E-state index contributed by atoms with van der Waals surface area (Å²) in [5.41, 5.74) is 6.81. The number of likely N-dealkylation sites (tertiary alicyclic amines) is 1. The van der Waals surface area contributed by atoms with Gasteiger partial charge in [0.25, 0.3) is 0 Å². The molecule has 3 nitrogen and oxygen atoms in total. The van der Waals surface area contributed by atoms with Crippen molar-refractivity contribution in [3.8, 4) is 0 Å². The first-order valence-corrected chi connectivity index (χ1v) is 7.23. The number of amides is 1. The van der Waals surface area contributed by atoms with E-state index in [1.807, 2.05) is 0 Å². The van der Waals surface area contributed by atoms with Crippen LogP contribution < -0.4 is 5.73 Å². The van der Waals surface area contributed by atoms with Crippen LogP contribution in [0.3, 0.4) is 0 Å². The van der Waals surface area contributed by atoms with Crippen LogP contribution in [0.25, 0.3) is 0 Å². The minimum atomic E-state index is -0.138. The van der Waals surface area contributed by atoms with Gasteiger partial charge in [0.2, 0.25) is 5.91 Å². The fourth-order valence-corrected chi connectivity index (χ4v) is 2.82. The summed E-state index contributed by atoms with van der Waals surface area (Å²) in [6.45, 7) is 5.27. The van der Waals surface area contributed by atoms with Crippen LogP contribution in [0.2, 0.25) is 0 Å². The van der Waals surface area contributed by atoms with Gasteiger partial charge in [0.15, 0.2) is 0 Å². The molecular formula is C16H24N2O. The molecule has 19 heavy (non-hydrogen) atoms. The standard InChI is InChI=1S/C16H24N2O/c1-13(14-6-3-2-4-7-14)9-11-18-10-5-8-15(12-18)16(17)19/h2-4,6-7,13,15H,5,8-12H2,1H3,(H2,17,19)/t13-,15+/m1/s1. The maximum absolute atomic E-state index is 11.3. The number of carbonyl (C=O) groups is 1. The minimum absolute atomic E-state index is 0.0563. The zero-order chi connectivity index (χ0) is 13.7. The Bertz CT molecular complexity index is 404. The maximum Gasteiger partial charge on any atom is 0.221 e. The van der Waals surface area contributed by atoms with Gasteiger partial charge in [-0.15, -0.1) is 0 Å². The second-order valence-electron chi connectivity index (χ2n) is 5.64. The average molecular weight is 260 g/mol. The Hall–Kier alpha value is -1.35. The molecule has 1 heterocycles. The highest BCUT2D eigenvalue weighted by Gasteiger charge is 2.23. The molecule has 1 aliphatic heterocycles. The number of nitrogens with two attached hydrogens (primary N) is 1. The van der Waals surface area contributed by atoms with E-state index < -0.39 is 0 Å². The van der Waals surface area contributed by atoms with Gasteiger partial charge in [0, 0.05) is 6.54 Å². The van der Waals surface area contributed by atoms with Crippen LogP contribution in [-0.2, 0) is 4.79 Å². The summed E-state index contributed by atoms with van der Waals surface area (Å²) in [6.07, 6.45) is 3.18. The predicted molar refractivity (Wildman–Crippen MR) is 77.8 cm³/mol. The Labute approximate surface area is 115 Å². The van der Waals surface area contributed by atoms with Gasteiger partial charge in [-0.05, 0) is 43.8 Å². The highest BCUT2D eigenvalue weighted by molar-refractivity contribution is 5.76. The number of rotatable bonds is 5. The summed E-state index contributed by atoms with van der Waals surface area (Å²) < 4.78 is 0. The SMILES string of the molecule is C[C@H](CCN1CCC[C@H](C(N)=O)C1)c1ccccc1. The monoisotopic (exact) mass is 260 g/mol. The molecule has 3 heteroatoms. The molecular weight excluding hydrogens is 236 g/mol. The molecule has 0 spiro atoms. The third-order valence-corrected chi connectivity index (χ3v) is 4.15. The summed E-state index contributed by atoms with van der Waals surface area (Å²) in [5.74, 6) is 0.483. The van der Waals surface area contributed by atoms with Gasteiger partial charge in [-0.25, -0.2) is 0 Å². The molecule has 0 aliphatic carbocycles. The number of hydrogen-bond donors (Lipinski definition) is 1. The molecule has 2 N–H and O–H groups in total. The molecule has 1 aromatic rings. The van der Waals surface area contributed by atoms with E-state index >= 15 is 0 Å². The third kappa shape index (κ3) is 4.06. The zero-order valence-corrected chi connectivity index (χ0v) is 11.7. The summed E-state index contributed by atoms with van der Waals surface area (Å²) in [6, 6.07) is 10.6. The first-order valence-electron chi connectivity index (χ1n) is 7.23. The fourth-order valence-electron chi connectivity index (χ4n) is 2.82. The number of nitrogens with zero attached hydrogens (tertiary/aromatic N) is 1. The smallest absolute Gasteiger partial charge is 0.221 e. The van der Waals surface area contributed by atoms with Gasteiger partial charge < -0.3 is 10.6 Å². The Morgan fingerprint density at radius 3 is 2.84 bits per heavy atom. The molecule has 1 fully saturated rings. The lowest BCUT2D eigenvalue weighted by Gasteiger charge is -2.31. The van der Waals surface area contributed by atoms with E-state index in [1.165, 1.54) is 5.56 Å². The molecule has 0 bridgehead atoms. The second-order valence-corrected chi connectivity index (χ2v) is 5.64. The summed E-state index contributed by atoms with van der Waals surface area (Å²) in [4.78, 5) is 13.6. The van der Waals surface area contributed by atoms with Gasteiger partial charge in [-0.1, -0.05) is 37.3 Å². The Kier molecular flexibility index (Phi) is 4.97. The van der Waals surface area contributed by atoms with Gasteiger partial charge in [-0.3, -0.25) is 4.79 Å². The Morgan fingerprint density at radius 2 is 2.16 bits per heavy atom. The van der Waals surface area contributed by atoms with E-state index in [1.54, 1.807) is 0 Å². The topological polar surface area (TPSA) is 46.3 Å². The van der Waals surface area contributed by atoms with Gasteiger partial charge >= 0.3 is 0 Å². The largest absolute Gasteiger partial charge is 0.369 e. The van der Waals surface area contributed by atoms with Crippen molar-refractivity contribution in [2.75, 3.05) is 19.6 Å². The van der Waals surface area contributed by atoms with Gasteiger partial charge in [-0.2, -0.15) is 0 Å². The van der Waals surface area contributed by atoms with Gasteiger partial charge in [0.1, 0.15) is 0 Å². The predicted octanol–water partition coefficient (Wildman–Crippen LogP) is 2.38. The van der Waals surface area contributed by atoms with Crippen LogP contribution >= 0.6 is 0 Å². The summed E-state index contributed by atoms with van der Waals surface area (Å²) >= 11 is 0. The van der Waals surface area contributed by atoms with Crippen molar-refractivity contribution in [2.24, 2.45) is 11.7 Å². The van der Waals surface area contributed by atoms with Crippen molar-refractivity contribution in [1.82, 2.24) is 4.90 Å². The van der Waals surface area contributed by atoms with Crippen molar-refractivity contribution in [3.05, 3.63) is 35.9 Å². The molecule has 0 radical (unpaired) electrons. The number of piperidine rings is 1. The highest BCUT2D eigenvalue weighted by Crippen LogP contribution is 2.21. The van der Waals surface area contributed by atoms with E-state index in [2.05, 4.69) is 42.2 Å². The quantitative estimate of drug-likeness (QED) is 0.883. The molecule has 0 saturated carbocycles. The molecule has 0 unspecified atom stereocenters. The van der Waals surface area contributed by atoms with Crippen molar-refractivity contribution in [2.45, 2.75) is 32.1 Å². The van der Waals surface area contributed by atoms with E-state index in [4.69, 9.17) is 5.73 Å². The third-order valence-electron chi connectivity index (χ3n) is 4.15. The van der Waals surface area contributed by atoms with Crippen molar-refractivity contribution < 1.29 is 4.79 Å². The number of primary amides is 1. The Morgan fingerprint density at radius 1 is 1.42 bits per heavy atom. The number of benzene rings is 1. The molecule has 2 atom stereocenters. The maximum atomic E-state index is 11.3.